The van der Waals surface area contributed by atoms with Gasteiger partial charge in [-0.15, -0.1) is 18.3 Å². The Labute approximate surface area is 259 Å². The first-order valence-electron chi connectivity index (χ1n) is 13.7. The number of urea groups is 1. The first kappa shape index (κ1) is 31.5. The maximum atomic E-state index is 14.9. The summed E-state index contributed by atoms with van der Waals surface area (Å²) in [6, 6.07) is 14.2. The largest absolute Gasteiger partial charge is 0.573 e. The van der Waals surface area contributed by atoms with Gasteiger partial charge in [0.25, 0.3) is 0 Å². The Bertz CT molecular complexity index is 1740. The maximum absolute atomic E-state index is 14.9. The average molecular weight is 642 g/mol. The molecular formula is C30H27F4N7O3S. The third-order valence-electron chi connectivity index (χ3n) is 6.50. The van der Waals surface area contributed by atoms with Crippen molar-refractivity contribution >= 4 is 45.9 Å². The summed E-state index contributed by atoms with van der Waals surface area (Å²) in [5.74, 6) is -0.799. The lowest BCUT2D eigenvalue weighted by molar-refractivity contribution is -0.274. The smallest absolute Gasteiger partial charge is 0.406 e. The monoisotopic (exact) mass is 641 g/mol. The predicted octanol–water partition coefficient (Wildman–Crippen LogP) is 6.85. The Kier molecular flexibility index (Phi) is 9.37. The van der Waals surface area contributed by atoms with Gasteiger partial charge in [0, 0.05) is 5.69 Å². The number of anilines is 3. The molecule has 4 aromatic rings. The summed E-state index contributed by atoms with van der Waals surface area (Å²) in [5, 5.41) is 9.90. The van der Waals surface area contributed by atoms with Crippen LogP contribution in [0, 0.1) is 12.7 Å². The van der Waals surface area contributed by atoms with Crippen molar-refractivity contribution in [3.05, 3.63) is 89.8 Å². The number of rotatable bonds is 9. The fraction of sp³-hybridized carbons (Fsp3) is 0.233. The van der Waals surface area contributed by atoms with Crippen molar-refractivity contribution in [2.24, 2.45) is 4.99 Å². The molecule has 15 heteroatoms. The van der Waals surface area contributed by atoms with Crippen molar-refractivity contribution in [2.75, 3.05) is 21.3 Å². The van der Waals surface area contributed by atoms with Crippen molar-refractivity contribution < 1.29 is 31.9 Å². The van der Waals surface area contributed by atoms with Gasteiger partial charge in [0.15, 0.2) is 11.0 Å². The fourth-order valence-corrected chi connectivity index (χ4v) is 5.34. The van der Waals surface area contributed by atoms with Crippen LogP contribution < -0.4 is 20.3 Å². The molecule has 0 unspecified atom stereocenters. The molecule has 0 aliphatic carbocycles. The van der Waals surface area contributed by atoms with Crippen LogP contribution in [0.25, 0.3) is 5.69 Å². The molecule has 2 heterocycles. The number of halogens is 4. The number of nitrogens with one attached hydrogen (secondary N) is 2. The van der Waals surface area contributed by atoms with Crippen LogP contribution in [0.1, 0.15) is 30.3 Å². The quantitative estimate of drug-likeness (QED) is 0.192. The number of hydrogen-bond donors (Lipinski definition) is 2. The number of carbonyl (C=O) groups excluding carboxylic acids is 2. The van der Waals surface area contributed by atoms with Crippen LogP contribution in [0.15, 0.2) is 72.0 Å². The number of carbonyl (C=O) groups is 2. The molecule has 3 aromatic carbocycles. The molecule has 234 valence electrons. The van der Waals surface area contributed by atoms with E-state index in [-0.39, 0.29) is 34.8 Å². The number of amides is 3. The van der Waals surface area contributed by atoms with Gasteiger partial charge in [0.05, 0.1) is 29.4 Å². The lowest BCUT2D eigenvalue weighted by atomic mass is 10.0. The standard InChI is InChI=1S/C30H27F4N7O3S/c1-3-4-19-6-5-18(2)13-25(19)41-27(42)16-45-29(41)38-28(43)37-24-12-7-20(14-23(24)31)35-15-26-36-17-40(39-26)21-8-10-22(11-9-21)44-30(32,33)34/h5-14,17,35H,3-4,15-16H2,1-2H3,(H,37,43). The number of ether oxygens (including phenoxy) is 1. The van der Waals surface area contributed by atoms with Gasteiger partial charge in [-0.2, -0.15) is 4.99 Å². The first-order valence-corrected chi connectivity index (χ1v) is 14.7. The van der Waals surface area contributed by atoms with Gasteiger partial charge in [-0.3, -0.25) is 9.69 Å². The first-order chi connectivity index (χ1) is 21.5. The third kappa shape index (κ3) is 7.98. The Morgan fingerprint density at radius 2 is 1.89 bits per heavy atom. The second kappa shape index (κ2) is 13.4. The number of aryl methyl sites for hydroxylation is 2. The molecule has 10 nitrogen and oxygen atoms in total. The Morgan fingerprint density at radius 1 is 1.11 bits per heavy atom. The van der Waals surface area contributed by atoms with Gasteiger partial charge in [0.1, 0.15) is 17.9 Å². The summed E-state index contributed by atoms with van der Waals surface area (Å²) in [7, 11) is 0. The van der Waals surface area contributed by atoms with Crippen LogP contribution in [0.5, 0.6) is 5.75 Å². The maximum Gasteiger partial charge on any atom is 0.573 e. The Morgan fingerprint density at radius 3 is 2.60 bits per heavy atom. The summed E-state index contributed by atoms with van der Waals surface area (Å²) in [5.41, 5.74) is 3.36. The summed E-state index contributed by atoms with van der Waals surface area (Å²) < 4.78 is 57.3. The predicted molar refractivity (Wildman–Crippen MR) is 163 cm³/mol. The van der Waals surface area contributed by atoms with Crippen molar-refractivity contribution in [1.29, 1.82) is 0 Å². The minimum absolute atomic E-state index is 0.0987. The van der Waals surface area contributed by atoms with Crippen LogP contribution in [-0.2, 0) is 17.8 Å². The molecule has 1 fully saturated rings. The van der Waals surface area contributed by atoms with E-state index in [0.29, 0.717) is 22.9 Å². The second-order valence-corrected chi connectivity index (χ2v) is 10.9. The molecule has 1 aliphatic heterocycles. The van der Waals surface area contributed by atoms with E-state index >= 15 is 0 Å². The minimum Gasteiger partial charge on any atom is -0.406 e. The molecule has 1 aliphatic rings. The topological polar surface area (TPSA) is 114 Å². The highest BCUT2D eigenvalue weighted by atomic mass is 32.2. The molecule has 0 saturated carbocycles. The van der Waals surface area contributed by atoms with E-state index in [1.807, 2.05) is 32.0 Å². The van der Waals surface area contributed by atoms with E-state index < -0.39 is 18.2 Å². The van der Waals surface area contributed by atoms with Crippen LogP contribution in [0.2, 0.25) is 0 Å². The van der Waals surface area contributed by atoms with E-state index in [1.54, 1.807) is 6.07 Å². The summed E-state index contributed by atoms with van der Waals surface area (Å²) >= 11 is 1.14. The zero-order valence-corrected chi connectivity index (χ0v) is 24.9. The van der Waals surface area contributed by atoms with Gasteiger partial charge < -0.3 is 15.4 Å². The highest BCUT2D eigenvalue weighted by Gasteiger charge is 2.32. The van der Waals surface area contributed by atoms with E-state index in [0.717, 1.165) is 47.9 Å². The van der Waals surface area contributed by atoms with Crippen LogP contribution >= 0.6 is 11.8 Å². The fourth-order valence-electron chi connectivity index (χ4n) is 4.49. The third-order valence-corrected chi connectivity index (χ3v) is 7.42. The number of alkyl halides is 3. The number of benzene rings is 3. The number of nitrogens with zero attached hydrogens (tertiary/aromatic N) is 5. The molecule has 0 bridgehead atoms. The number of aliphatic imine (C=N–C) groups is 1. The van der Waals surface area contributed by atoms with Gasteiger partial charge >= 0.3 is 12.4 Å². The molecule has 1 saturated heterocycles. The van der Waals surface area contributed by atoms with Crippen molar-refractivity contribution in [1.82, 2.24) is 14.8 Å². The number of amidine groups is 1. The molecule has 0 radical (unpaired) electrons. The number of thioether (sulfide) groups is 1. The van der Waals surface area contributed by atoms with E-state index in [1.165, 1.54) is 40.2 Å². The zero-order valence-electron chi connectivity index (χ0n) is 24.1. The normalized spacial score (nSPS) is 14.2. The molecule has 0 atom stereocenters. The zero-order chi connectivity index (χ0) is 32.1. The number of hydrogen-bond acceptors (Lipinski definition) is 7. The molecule has 1 aromatic heterocycles. The molecule has 2 N–H and O–H groups in total. The Hall–Kier alpha value is -4.92. The van der Waals surface area contributed by atoms with Gasteiger partial charge in [0.2, 0.25) is 5.91 Å². The summed E-state index contributed by atoms with van der Waals surface area (Å²) in [6.45, 7) is 4.07. The van der Waals surface area contributed by atoms with Crippen LogP contribution in [0.4, 0.5) is 39.4 Å². The molecule has 45 heavy (non-hydrogen) atoms. The SMILES string of the molecule is CCCc1ccc(C)cc1N1C(=O)CSC1=NC(=O)Nc1ccc(NCc2ncn(-c3ccc(OC(F)(F)F)cc3)n2)cc1F. The lowest BCUT2D eigenvalue weighted by Crippen LogP contribution is -2.31. The minimum atomic E-state index is -4.79. The van der Waals surface area contributed by atoms with Crippen molar-refractivity contribution in [3.8, 4) is 11.4 Å². The number of aromatic nitrogens is 3. The molecule has 3 amide bonds. The highest BCUT2D eigenvalue weighted by molar-refractivity contribution is 8.15. The summed E-state index contributed by atoms with van der Waals surface area (Å²) in [4.78, 5) is 35.2. The lowest BCUT2D eigenvalue weighted by Gasteiger charge is -2.20. The van der Waals surface area contributed by atoms with Gasteiger partial charge in [-0.1, -0.05) is 37.2 Å². The van der Waals surface area contributed by atoms with E-state index in [2.05, 4.69) is 30.4 Å². The van der Waals surface area contributed by atoms with Gasteiger partial charge in [-0.05, 0) is 73.0 Å². The van der Waals surface area contributed by atoms with Crippen molar-refractivity contribution in [3.63, 3.8) is 0 Å². The summed E-state index contributed by atoms with van der Waals surface area (Å²) in [6.07, 6.45) is -1.77. The molecule has 5 rings (SSSR count). The molecular weight excluding hydrogens is 614 g/mol. The second-order valence-electron chi connectivity index (χ2n) is 9.92. The molecule has 0 spiro atoms. The van der Waals surface area contributed by atoms with E-state index in [4.69, 9.17) is 0 Å². The van der Waals surface area contributed by atoms with Crippen LogP contribution in [0.3, 0.4) is 0 Å². The Balaban J connectivity index is 1.21. The van der Waals surface area contributed by atoms with Gasteiger partial charge in [-0.25, -0.2) is 18.9 Å². The van der Waals surface area contributed by atoms with E-state index in [9.17, 15) is 27.2 Å². The van der Waals surface area contributed by atoms with Crippen molar-refractivity contribution in [2.45, 2.75) is 39.6 Å². The highest BCUT2D eigenvalue weighted by Crippen LogP contribution is 2.32. The average Bonchev–Trinajstić information content (AvgIpc) is 3.60. The van der Waals surface area contributed by atoms with Crippen LogP contribution in [-0.4, -0.2) is 44.0 Å².